The Morgan fingerprint density at radius 3 is 0.928 bits per heavy atom. The van der Waals surface area contributed by atoms with Gasteiger partial charge < -0.3 is 22.7 Å². The van der Waals surface area contributed by atoms with Gasteiger partial charge in [-0.1, -0.05) is 348 Å². The lowest BCUT2D eigenvalue weighted by atomic mass is 9.82. The highest BCUT2D eigenvalue weighted by Crippen LogP contribution is 2.58. The fourth-order valence-electron chi connectivity index (χ4n) is 25.7. The lowest BCUT2D eigenvalue weighted by molar-refractivity contribution is 0.659. The van der Waals surface area contributed by atoms with Crippen molar-refractivity contribution in [1.29, 1.82) is 0 Å². The number of hydrogen-bond acceptors (Lipinski definition) is 2. The number of para-hydroxylation sites is 5. The van der Waals surface area contributed by atoms with Crippen LogP contribution in [-0.4, -0.2) is 18.3 Å². The minimum absolute atomic E-state index is 0.0137. The fraction of sp³-hybridized carbons (Fsp3) is 0.113. The van der Waals surface area contributed by atoms with Crippen molar-refractivity contribution in [3.63, 3.8) is 0 Å². The maximum atomic E-state index is 6.11. The Morgan fingerprint density at radius 2 is 0.475 bits per heavy atom. The van der Waals surface area contributed by atoms with E-state index in [4.69, 9.17) is 4.42 Å². The Balaban J connectivity index is 0.0000000913. The van der Waals surface area contributed by atoms with Gasteiger partial charge in [0.05, 0.1) is 49.8 Å². The molecule has 0 spiro atoms. The first-order valence-corrected chi connectivity index (χ1v) is 49.8. The van der Waals surface area contributed by atoms with Crippen LogP contribution in [0.25, 0.3) is 218 Å². The van der Waals surface area contributed by atoms with E-state index in [-0.39, 0.29) is 27.1 Å². The second kappa shape index (κ2) is 29.5. The number of fused-ring (bicyclic) bond motifs is 34. The van der Waals surface area contributed by atoms with Crippen LogP contribution in [-0.2, 0) is 27.1 Å². The summed E-state index contributed by atoms with van der Waals surface area (Å²) in [5, 5.41) is 18.0. The molecule has 6 aromatic heterocycles. The molecule has 6 heterocycles. The normalized spacial score (nSPS) is 14.7. The molecule has 0 bridgehead atoms. The van der Waals surface area contributed by atoms with E-state index < -0.39 is 0 Å². The van der Waals surface area contributed by atoms with E-state index in [1.165, 1.54) is 246 Å². The van der Waals surface area contributed by atoms with E-state index in [0.29, 0.717) is 0 Å². The second-order valence-corrected chi connectivity index (χ2v) is 42.8. The van der Waals surface area contributed by atoms with Crippen LogP contribution in [0.5, 0.6) is 0 Å². The number of benzene rings is 20. The van der Waals surface area contributed by atoms with E-state index in [2.05, 4.69) is 488 Å². The topological polar surface area (TPSA) is 32.9 Å². The van der Waals surface area contributed by atoms with Crippen molar-refractivity contribution < 1.29 is 4.42 Å². The van der Waals surface area contributed by atoms with Gasteiger partial charge in [-0.2, -0.15) is 0 Å². The minimum Gasteiger partial charge on any atom is -0.456 e. The second-order valence-electron chi connectivity index (χ2n) is 41.7. The molecule has 20 aromatic carbocycles. The summed E-state index contributed by atoms with van der Waals surface area (Å²) in [4.78, 5) is 0. The standard InChI is InChI=1S/C36H29N.C33H23NO.C33H23NS.C31H23N/c1-35(2)29-14-8-5-11-23(29)25-18-17-22(19-31(25)35)37-33-16-10-7-13-26(33)28-20-27-24-12-6-9-15-30(24)36(3,4)32(27)21-34(28)37;1-33(2)27-12-6-3-9-21(27)24-18-25-22-10-4-7-13-29(22)34(30(25)19-28(24)33)20-15-16-32-26(17-20)23-11-5-8-14-31(23)35-32;1-33(2)27-12-6-3-9-21(27)25-18-26-22-10-4-7-13-29(22)34(30(26)19-28(25)33)20-15-16-24-23-11-5-8-14-31(23)35-32(24)17-20;1-31(2)26-15-7-5-13-22(26)24-18-25-23-14-6-8-16-29(23)32(30(25)19-27(24)31)28-17-9-11-20-10-3-4-12-21(20)28/h5-21H,1-4H3;2*3-19H,1-2H3;3-19H,1-2H3. The number of aromatic nitrogens is 4. The van der Waals surface area contributed by atoms with Gasteiger partial charge in [-0.3, -0.25) is 0 Å². The smallest absolute Gasteiger partial charge is 0.135 e. The summed E-state index contributed by atoms with van der Waals surface area (Å²) < 4.78 is 18.6. The largest absolute Gasteiger partial charge is 0.456 e. The Bertz CT molecular complexity index is 9830. The Kier molecular flexibility index (Phi) is 17.2. The Labute approximate surface area is 811 Å². The molecule has 0 atom stereocenters. The summed E-state index contributed by atoms with van der Waals surface area (Å²) in [6, 6.07) is 152. The molecule has 6 heteroatoms. The molecule has 0 fully saturated rings. The van der Waals surface area contributed by atoms with Crippen molar-refractivity contribution in [2.24, 2.45) is 0 Å². The van der Waals surface area contributed by atoms with E-state index in [0.717, 1.165) is 27.6 Å². The van der Waals surface area contributed by atoms with Crippen LogP contribution >= 0.6 is 11.3 Å². The van der Waals surface area contributed by atoms with Crippen molar-refractivity contribution in [3.8, 4) is 78.4 Å². The SMILES string of the molecule is CC1(C)c2ccccc2-c2cc3c4ccccc4n(-c4ccc5c(c4)sc4ccccc45)c3cc21.CC1(C)c2ccccc2-c2cc3c4ccccc4n(-c4ccc5oc6ccccc6c5c4)c3cc21.CC1(C)c2ccccc2-c2cc3c4ccccc4n(-c4cccc5ccccc45)c3cc21.CC1(C)c2ccccc2-c2ccc(-n3c4ccccc4c4cc5c(cc43)C(C)(C)c3ccccc3-5)cc21. The summed E-state index contributed by atoms with van der Waals surface area (Å²) in [5.74, 6) is 0. The van der Waals surface area contributed by atoms with Crippen LogP contribution < -0.4 is 0 Å². The maximum Gasteiger partial charge on any atom is 0.135 e. The summed E-state index contributed by atoms with van der Waals surface area (Å²) in [5.41, 5.74) is 44.5. The van der Waals surface area contributed by atoms with Gasteiger partial charge in [-0.25, -0.2) is 0 Å². The molecule has 662 valence electrons. The summed E-state index contributed by atoms with van der Waals surface area (Å²) in [7, 11) is 0. The molecule has 0 amide bonds. The highest BCUT2D eigenvalue weighted by atomic mass is 32.1. The molecular formula is C133H98N4OS. The average Bonchev–Trinajstić information content (AvgIpc) is 1.56. The molecular weight excluding hydrogens is 1700 g/mol. The zero-order valence-corrected chi connectivity index (χ0v) is 80.2. The third-order valence-corrected chi connectivity index (χ3v) is 33.7. The van der Waals surface area contributed by atoms with Crippen molar-refractivity contribution in [2.45, 2.75) is 96.3 Å². The first kappa shape index (κ1) is 81.3. The minimum atomic E-state index is -0.0356. The van der Waals surface area contributed by atoms with Crippen LogP contribution in [0.2, 0.25) is 0 Å². The predicted molar refractivity (Wildman–Crippen MR) is 589 cm³/mol. The number of rotatable bonds is 4. The number of hydrogen-bond donors (Lipinski definition) is 0. The number of nitrogens with zero attached hydrogens (tertiary/aromatic N) is 4. The quantitative estimate of drug-likeness (QED) is 0.173. The molecule has 5 aliphatic rings. The molecule has 5 nitrogen and oxygen atoms in total. The molecule has 0 radical (unpaired) electrons. The van der Waals surface area contributed by atoms with E-state index in [9.17, 15) is 0 Å². The average molecular weight is 1800 g/mol. The van der Waals surface area contributed by atoms with E-state index in [1.54, 1.807) is 0 Å². The maximum absolute atomic E-state index is 6.11. The molecule has 0 saturated carbocycles. The van der Waals surface area contributed by atoms with Gasteiger partial charge in [0.1, 0.15) is 11.2 Å². The van der Waals surface area contributed by atoms with Gasteiger partial charge in [0.2, 0.25) is 0 Å². The van der Waals surface area contributed by atoms with Gasteiger partial charge in [0, 0.05) is 124 Å². The first-order chi connectivity index (χ1) is 67.7. The third kappa shape index (κ3) is 11.6. The molecule has 0 unspecified atom stereocenters. The van der Waals surface area contributed by atoms with Crippen molar-refractivity contribution >= 4 is 151 Å². The van der Waals surface area contributed by atoms with Gasteiger partial charge in [0.25, 0.3) is 0 Å². The van der Waals surface area contributed by atoms with Crippen molar-refractivity contribution in [2.75, 3.05) is 0 Å². The lowest BCUT2D eigenvalue weighted by Gasteiger charge is -2.23. The highest BCUT2D eigenvalue weighted by Gasteiger charge is 2.42. The third-order valence-electron chi connectivity index (χ3n) is 32.6. The lowest BCUT2D eigenvalue weighted by Crippen LogP contribution is -2.15. The molecule has 5 aliphatic carbocycles. The van der Waals surface area contributed by atoms with Crippen LogP contribution in [0.15, 0.2) is 417 Å². The van der Waals surface area contributed by atoms with Gasteiger partial charge in [-0.05, 0) is 250 Å². The van der Waals surface area contributed by atoms with Crippen LogP contribution in [0.3, 0.4) is 0 Å². The van der Waals surface area contributed by atoms with Crippen molar-refractivity contribution in [1.82, 2.24) is 18.3 Å². The molecule has 26 aromatic rings. The first-order valence-electron chi connectivity index (χ1n) is 49.0. The van der Waals surface area contributed by atoms with Crippen molar-refractivity contribution in [3.05, 3.63) is 468 Å². The Hall–Kier alpha value is -16.1. The zero-order valence-electron chi connectivity index (χ0n) is 79.4. The summed E-state index contributed by atoms with van der Waals surface area (Å²) in [6.45, 7) is 23.6. The van der Waals surface area contributed by atoms with Crippen LogP contribution in [0.1, 0.15) is 125 Å². The fourth-order valence-corrected chi connectivity index (χ4v) is 26.8. The molecule has 0 saturated heterocycles. The van der Waals surface area contributed by atoms with Gasteiger partial charge >= 0.3 is 0 Å². The van der Waals surface area contributed by atoms with Crippen LogP contribution in [0.4, 0.5) is 0 Å². The van der Waals surface area contributed by atoms with Gasteiger partial charge in [0.15, 0.2) is 0 Å². The number of furan rings is 1. The summed E-state index contributed by atoms with van der Waals surface area (Å²) in [6.07, 6.45) is 0. The molecule has 31 rings (SSSR count). The molecule has 0 aliphatic heterocycles. The van der Waals surface area contributed by atoms with Crippen LogP contribution in [0, 0.1) is 0 Å². The molecule has 139 heavy (non-hydrogen) atoms. The number of thiophene rings is 1. The summed E-state index contributed by atoms with van der Waals surface area (Å²) >= 11 is 1.88. The zero-order chi connectivity index (χ0) is 93.2. The monoisotopic (exact) mass is 1800 g/mol. The van der Waals surface area contributed by atoms with E-state index >= 15 is 0 Å². The highest BCUT2D eigenvalue weighted by molar-refractivity contribution is 7.25. The molecule has 0 N–H and O–H groups in total. The predicted octanol–water partition coefficient (Wildman–Crippen LogP) is 36.1. The Morgan fingerprint density at radius 1 is 0.173 bits per heavy atom. The van der Waals surface area contributed by atoms with Gasteiger partial charge in [-0.15, -0.1) is 11.3 Å². The van der Waals surface area contributed by atoms with E-state index in [1.807, 2.05) is 23.5 Å².